The summed E-state index contributed by atoms with van der Waals surface area (Å²) in [5.74, 6) is -0.0204. The Morgan fingerprint density at radius 3 is 2.59 bits per heavy atom. The average Bonchev–Trinajstić information content (AvgIpc) is 3.26. The molecule has 1 atom stereocenters. The largest absolute Gasteiger partial charge is 0.454 e. The molecule has 1 aliphatic carbocycles. The van der Waals surface area contributed by atoms with Gasteiger partial charge >= 0.3 is 0 Å². The summed E-state index contributed by atoms with van der Waals surface area (Å²) in [5, 5.41) is 0.155. The molecule has 0 spiro atoms. The van der Waals surface area contributed by atoms with Gasteiger partial charge in [0.1, 0.15) is 11.7 Å². The zero-order chi connectivity index (χ0) is 22.2. The molecule has 2 saturated heterocycles. The van der Waals surface area contributed by atoms with Crippen LogP contribution < -0.4 is 4.90 Å². The Bertz CT molecular complexity index is 1060. The Hall–Kier alpha value is -3.27. The van der Waals surface area contributed by atoms with Gasteiger partial charge in [-0.2, -0.15) is 0 Å². The predicted molar refractivity (Wildman–Crippen MR) is 118 cm³/mol. The molecule has 5 rings (SSSR count). The summed E-state index contributed by atoms with van der Waals surface area (Å²) in [4.78, 5) is 35.4. The fraction of sp³-hybridized carbons (Fsp3) is 0.364. The summed E-state index contributed by atoms with van der Waals surface area (Å²) in [7, 11) is 0. The van der Waals surface area contributed by atoms with Gasteiger partial charge in [0.15, 0.2) is 11.5 Å². The molecule has 0 N–H and O–H groups in total. The second kappa shape index (κ2) is 8.34. The van der Waals surface area contributed by atoms with E-state index in [1.165, 1.54) is 17.0 Å². The van der Waals surface area contributed by atoms with Crippen LogP contribution in [-0.2, 0) is 19.1 Å². The molecule has 3 aliphatic heterocycles. The molecule has 4 aliphatic rings. The molecule has 0 aromatic heterocycles. The molecular formula is C22H21FN4O4S. The summed E-state index contributed by atoms with van der Waals surface area (Å²) >= 11 is 5.32. The zero-order valence-corrected chi connectivity index (χ0v) is 18.0. The minimum Gasteiger partial charge on any atom is -0.454 e. The lowest BCUT2D eigenvalue weighted by Gasteiger charge is -2.36. The third kappa shape index (κ3) is 3.86. The average molecular weight is 456 g/mol. The van der Waals surface area contributed by atoms with E-state index in [0.29, 0.717) is 43.4 Å². The number of carbonyl (C=O) groups excluding carboxylic acids is 2. The van der Waals surface area contributed by atoms with E-state index in [2.05, 4.69) is 9.89 Å². The van der Waals surface area contributed by atoms with Crippen molar-refractivity contribution in [3.8, 4) is 0 Å². The van der Waals surface area contributed by atoms with Crippen molar-refractivity contribution in [3.63, 3.8) is 0 Å². The van der Waals surface area contributed by atoms with E-state index in [1.54, 1.807) is 29.2 Å². The third-order valence-corrected chi connectivity index (χ3v) is 6.26. The lowest BCUT2D eigenvalue weighted by atomic mass is 9.94. The van der Waals surface area contributed by atoms with E-state index >= 15 is 0 Å². The highest BCUT2D eigenvalue weighted by Crippen LogP contribution is 2.31. The van der Waals surface area contributed by atoms with Gasteiger partial charge in [-0.25, -0.2) is 9.38 Å². The van der Waals surface area contributed by atoms with Crippen molar-refractivity contribution in [1.82, 2.24) is 9.80 Å². The van der Waals surface area contributed by atoms with Gasteiger partial charge in [0.2, 0.25) is 23.7 Å². The van der Waals surface area contributed by atoms with Crippen LogP contribution in [0, 0.1) is 11.7 Å². The second-order valence-electron chi connectivity index (χ2n) is 7.83. The van der Waals surface area contributed by atoms with Crippen LogP contribution >= 0.6 is 12.2 Å². The molecule has 10 heteroatoms. The van der Waals surface area contributed by atoms with Crippen molar-refractivity contribution in [3.05, 3.63) is 53.8 Å². The molecule has 32 heavy (non-hydrogen) atoms. The molecule has 1 unspecified atom stereocenters. The van der Waals surface area contributed by atoms with Crippen molar-refractivity contribution in [1.29, 1.82) is 0 Å². The Morgan fingerprint density at radius 1 is 1.12 bits per heavy atom. The number of hydrogen-bond donors (Lipinski definition) is 0. The fourth-order valence-corrected chi connectivity index (χ4v) is 4.46. The van der Waals surface area contributed by atoms with Crippen LogP contribution in [0.15, 0.2) is 52.9 Å². The van der Waals surface area contributed by atoms with Gasteiger partial charge in [-0.05, 0) is 42.6 Å². The number of aliphatic imine (C=N–C) groups is 1. The van der Waals surface area contributed by atoms with Gasteiger partial charge in [0.25, 0.3) is 0 Å². The molecule has 1 aromatic rings. The first-order valence-corrected chi connectivity index (χ1v) is 10.8. The van der Waals surface area contributed by atoms with Crippen molar-refractivity contribution in [2.75, 3.05) is 44.4 Å². The number of hydrogen-bond acceptors (Lipinski definition) is 6. The van der Waals surface area contributed by atoms with Crippen LogP contribution in [0.25, 0.3) is 0 Å². The lowest BCUT2D eigenvalue weighted by Crippen LogP contribution is -2.50. The lowest BCUT2D eigenvalue weighted by molar-refractivity contribution is -0.133. The number of fused-ring (bicyclic) bond motifs is 2. The van der Waals surface area contributed by atoms with Gasteiger partial charge in [-0.15, -0.1) is 0 Å². The quantitative estimate of drug-likeness (QED) is 0.644. The van der Waals surface area contributed by atoms with Gasteiger partial charge in [0.05, 0.1) is 5.71 Å². The van der Waals surface area contributed by atoms with E-state index in [-0.39, 0.29) is 42.5 Å². The maximum absolute atomic E-state index is 13.1. The first-order valence-electron chi connectivity index (χ1n) is 10.4. The van der Waals surface area contributed by atoms with Crippen molar-refractivity contribution in [2.24, 2.45) is 10.9 Å². The van der Waals surface area contributed by atoms with Crippen LogP contribution in [-0.4, -0.2) is 72.0 Å². The Labute approximate surface area is 189 Å². The maximum atomic E-state index is 13.1. The van der Waals surface area contributed by atoms with Gasteiger partial charge in [-0.1, -0.05) is 0 Å². The van der Waals surface area contributed by atoms with Crippen molar-refractivity contribution >= 4 is 40.5 Å². The molecule has 2 fully saturated rings. The van der Waals surface area contributed by atoms with Crippen molar-refractivity contribution < 1.29 is 23.5 Å². The number of anilines is 1. The molecule has 0 bridgehead atoms. The first-order chi connectivity index (χ1) is 15.5. The highest BCUT2D eigenvalue weighted by Gasteiger charge is 2.38. The predicted octanol–water partition coefficient (Wildman–Crippen LogP) is 1.83. The van der Waals surface area contributed by atoms with E-state index < -0.39 is 5.92 Å². The van der Waals surface area contributed by atoms with E-state index in [0.717, 1.165) is 5.69 Å². The smallest absolute Gasteiger partial charge is 0.241 e. The molecule has 166 valence electrons. The number of amides is 2. The minimum atomic E-state index is -0.587. The first kappa shape index (κ1) is 20.6. The summed E-state index contributed by atoms with van der Waals surface area (Å²) < 4.78 is 23.8. The van der Waals surface area contributed by atoms with Crippen LogP contribution in [0.5, 0.6) is 0 Å². The van der Waals surface area contributed by atoms with Crippen molar-refractivity contribution in [2.45, 2.75) is 6.42 Å². The van der Waals surface area contributed by atoms with E-state index in [4.69, 9.17) is 21.7 Å². The molecule has 3 heterocycles. The van der Waals surface area contributed by atoms with E-state index in [9.17, 15) is 14.0 Å². The Balaban J connectivity index is 1.17. The zero-order valence-electron chi connectivity index (χ0n) is 17.2. The van der Waals surface area contributed by atoms with Crippen LogP contribution in [0.1, 0.15) is 6.42 Å². The summed E-state index contributed by atoms with van der Waals surface area (Å²) in [5.41, 5.74) is 1.47. The number of ether oxygens (including phenoxy) is 2. The number of benzene rings is 1. The number of thiocarbonyl (C=S) groups is 1. The molecule has 2 amide bonds. The summed E-state index contributed by atoms with van der Waals surface area (Å²) in [6, 6.07) is 6.35. The topological polar surface area (TPSA) is 74.7 Å². The number of rotatable bonds is 4. The number of allylic oxidation sites excluding steroid dienone is 1. The number of halogens is 1. The SMILES string of the molecule is O=C(CCN1C(=O)C2C=C3OCOC3=CC2=NC1=S)N1CCN(c2ccc(F)cc2)CC1. The van der Waals surface area contributed by atoms with Gasteiger partial charge < -0.3 is 19.3 Å². The highest BCUT2D eigenvalue weighted by molar-refractivity contribution is 7.80. The molecule has 8 nitrogen and oxygen atoms in total. The minimum absolute atomic E-state index is 0.0363. The molecule has 0 radical (unpaired) electrons. The number of nitrogens with zero attached hydrogens (tertiary/aromatic N) is 4. The van der Waals surface area contributed by atoms with Crippen LogP contribution in [0.4, 0.5) is 10.1 Å². The second-order valence-corrected chi connectivity index (χ2v) is 8.19. The van der Waals surface area contributed by atoms with Crippen LogP contribution in [0.2, 0.25) is 0 Å². The summed E-state index contributed by atoms with van der Waals surface area (Å²) in [6.45, 7) is 2.76. The number of piperazine rings is 1. The third-order valence-electron chi connectivity index (χ3n) is 5.95. The standard InChI is InChI=1S/C22H21FN4O4S/c23-14-1-3-15(4-2-14)25-7-9-26(10-8-25)20(28)5-6-27-21(29)16-11-18-19(31-13-30-18)12-17(16)24-22(27)32/h1-4,11-12,16H,5-10,13H2. The highest BCUT2D eigenvalue weighted by atomic mass is 32.1. The Kier molecular flexibility index (Phi) is 5.38. The van der Waals surface area contributed by atoms with Gasteiger partial charge in [-0.3, -0.25) is 14.5 Å². The molecular weight excluding hydrogens is 435 g/mol. The monoisotopic (exact) mass is 456 g/mol. The fourth-order valence-electron chi connectivity index (χ4n) is 4.17. The van der Waals surface area contributed by atoms with Gasteiger partial charge in [0, 0.05) is 50.9 Å². The maximum Gasteiger partial charge on any atom is 0.241 e. The summed E-state index contributed by atoms with van der Waals surface area (Å²) in [6.07, 6.45) is 3.53. The molecule has 0 saturated carbocycles. The van der Waals surface area contributed by atoms with Crippen LogP contribution in [0.3, 0.4) is 0 Å². The normalized spacial score (nSPS) is 22.3. The molecule has 1 aromatic carbocycles. The van der Waals surface area contributed by atoms with E-state index in [1.807, 2.05) is 0 Å². The Morgan fingerprint density at radius 2 is 1.84 bits per heavy atom. The number of carbonyl (C=O) groups is 2.